The van der Waals surface area contributed by atoms with Crippen molar-refractivity contribution in [2.45, 2.75) is 52.5 Å². The van der Waals surface area contributed by atoms with Crippen LogP contribution in [-0.2, 0) is 23.1 Å². The van der Waals surface area contributed by atoms with Gasteiger partial charge in [-0.15, -0.1) is 0 Å². The van der Waals surface area contributed by atoms with Crippen LogP contribution in [0, 0.1) is 5.82 Å². The van der Waals surface area contributed by atoms with E-state index in [1.807, 2.05) is 0 Å². The molecule has 0 bridgehead atoms. The lowest BCUT2D eigenvalue weighted by atomic mass is 9.86. The zero-order valence-electron chi connectivity index (χ0n) is 13.8. The van der Waals surface area contributed by atoms with Gasteiger partial charge in [-0.05, 0) is 41.5 Å². The number of nitrogens with zero attached hydrogens (tertiary/aromatic N) is 1. The van der Waals surface area contributed by atoms with E-state index in [4.69, 9.17) is 4.74 Å². The predicted octanol–water partition coefficient (Wildman–Crippen LogP) is 4.68. The van der Waals surface area contributed by atoms with Gasteiger partial charge in [-0.1, -0.05) is 27.7 Å². The smallest absolute Gasteiger partial charge is 0.133 e. The van der Waals surface area contributed by atoms with Crippen molar-refractivity contribution in [3.8, 4) is 0 Å². The first-order chi connectivity index (χ1) is 9.88. The molecule has 0 aliphatic rings. The molecule has 0 aliphatic carbocycles. The summed E-state index contributed by atoms with van der Waals surface area (Å²) in [7, 11) is 1.71. The number of fused-ring (bicyclic) bond motifs is 1. The highest BCUT2D eigenvalue weighted by molar-refractivity contribution is 5.86. The van der Waals surface area contributed by atoms with E-state index in [1.54, 1.807) is 13.2 Å². The number of ether oxygens (including phenoxy) is 1. The molecule has 1 aromatic carbocycles. The van der Waals surface area contributed by atoms with Crippen LogP contribution in [0.1, 0.15) is 45.2 Å². The number of methoxy groups -OCH3 is 1. The predicted molar refractivity (Wildman–Crippen MR) is 86.5 cm³/mol. The van der Waals surface area contributed by atoms with Crippen LogP contribution < -0.4 is 0 Å². The molecule has 0 amide bonds. The topological polar surface area (TPSA) is 14.2 Å². The number of hydrogen-bond donors (Lipinski definition) is 0. The third-order valence-corrected chi connectivity index (χ3v) is 3.96. The highest BCUT2D eigenvalue weighted by Gasteiger charge is 2.23. The van der Waals surface area contributed by atoms with E-state index >= 15 is 0 Å². The quantitative estimate of drug-likeness (QED) is 0.730. The molecule has 3 heteroatoms. The molecule has 0 saturated heterocycles. The first-order valence-electron chi connectivity index (χ1n) is 7.69. The van der Waals surface area contributed by atoms with Gasteiger partial charge < -0.3 is 9.30 Å². The van der Waals surface area contributed by atoms with Crippen LogP contribution in [0.2, 0.25) is 0 Å². The molecule has 0 unspecified atom stereocenters. The number of halogens is 1. The maximum atomic E-state index is 14.6. The monoisotopic (exact) mass is 291 g/mol. The molecule has 116 valence electrons. The van der Waals surface area contributed by atoms with Gasteiger partial charge in [0.1, 0.15) is 5.82 Å². The van der Waals surface area contributed by atoms with Gasteiger partial charge in [-0.25, -0.2) is 4.39 Å². The highest BCUT2D eigenvalue weighted by Crippen LogP contribution is 2.34. The molecule has 0 N–H and O–H groups in total. The van der Waals surface area contributed by atoms with E-state index in [1.165, 1.54) is 0 Å². The Morgan fingerprint density at radius 1 is 1.24 bits per heavy atom. The Morgan fingerprint density at radius 2 is 1.95 bits per heavy atom. The lowest BCUT2D eigenvalue weighted by Gasteiger charge is -2.17. The maximum Gasteiger partial charge on any atom is 0.133 e. The first kappa shape index (κ1) is 16.0. The Labute approximate surface area is 126 Å². The third kappa shape index (κ3) is 3.29. The fourth-order valence-electron chi connectivity index (χ4n) is 2.77. The molecule has 0 saturated carbocycles. The lowest BCUT2D eigenvalue weighted by Crippen LogP contribution is -2.10. The zero-order chi connectivity index (χ0) is 15.6. The van der Waals surface area contributed by atoms with Gasteiger partial charge in [0.15, 0.2) is 0 Å². The van der Waals surface area contributed by atoms with Crippen molar-refractivity contribution in [1.82, 2.24) is 4.57 Å². The molecule has 2 aromatic rings. The fraction of sp³-hybridized carbons (Fsp3) is 0.556. The number of aromatic nitrogens is 1. The zero-order valence-corrected chi connectivity index (χ0v) is 13.8. The Balaban J connectivity index is 2.59. The largest absolute Gasteiger partial charge is 0.385 e. The van der Waals surface area contributed by atoms with E-state index < -0.39 is 0 Å². The number of rotatable bonds is 5. The number of benzene rings is 1. The molecule has 0 spiro atoms. The van der Waals surface area contributed by atoms with E-state index in [-0.39, 0.29) is 11.2 Å². The van der Waals surface area contributed by atoms with Crippen LogP contribution in [0.4, 0.5) is 4.39 Å². The van der Waals surface area contributed by atoms with Crippen LogP contribution in [0.5, 0.6) is 0 Å². The SMILES string of the molecule is CCc1cc(F)c2c(C(C)(C)C)cn(CCCOC)c2c1. The summed E-state index contributed by atoms with van der Waals surface area (Å²) in [5.41, 5.74) is 3.06. The second kappa shape index (κ2) is 6.18. The molecule has 0 atom stereocenters. The van der Waals surface area contributed by atoms with Gasteiger partial charge in [0.05, 0.1) is 5.52 Å². The summed E-state index contributed by atoms with van der Waals surface area (Å²) in [5.74, 6) is -0.0974. The van der Waals surface area contributed by atoms with Gasteiger partial charge in [0.2, 0.25) is 0 Å². The molecule has 2 nitrogen and oxygen atoms in total. The normalized spacial score (nSPS) is 12.3. The maximum absolute atomic E-state index is 14.6. The summed E-state index contributed by atoms with van der Waals surface area (Å²) >= 11 is 0. The van der Waals surface area contributed by atoms with E-state index in [0.717, 1.165) is 48.0 Å². The first-order valence-corrected chi connectivity index (χ1v) is 7.69. The van der Waals surface area contributed by atoms with Crippen LogP contribution in [0.3, 0.4) is 0 Å². The van der Waals surface area contributed by atoms with E-state index in [0.29, 0.717) is 0 Å². The molecule has 0 fully saturated rings. The molecule has 1 aromatic heterocycles. The Bertz CT molecular complexity index is 622. The average molecular weight is 291 g/mol. The van der Waals surface area contributed by atoms with Gasteiger partial charge in [0, 0.05) is 31.8 Å². The van der Waals surface area contributed by atoms with Crippen molar-refractivity contribution >= 4 is 10.9 Å². The number of hydrogen-bond acceptors (Lipinski definition) is 1. The second-order valence-electron chi connectivity index (χ2n) is 6.66. The van der Waals surface area contributed by atoms with Crippen molar-refractivity contribution in [3.63, 3.8) is 0 Å². The molecule has 1 heterocycles. The summed E-state index contributed by atoms with van der Waals surface area (Å²) in [4.78, 5) is 0. The van der Waals surface area contributed by atoms with Gasteiger partial charge in [-0.2, -0.15) is 0 Å². The van der Waals surface area contributed by atoms with Crippen molar-refractivity contribution in [3.05, 3.63) is 35.3 Å². The number of aryl methyl sites for hydroxylation is 2. The average Bonchev–Trinajstić information content (AvgIpc) is 2.78. The second-order valence-corrected chi connectivity index (χ2v) is 6.66. The summed E-state index contributed by atoms with van der Waals surface area (Å²) in [6.45, 7) is 10.0. The molecule has 0 aliphatic heterocycles. The highest BCUT2D eigenvalue weighted by atomic mass is 19.1. The van der Waals surface area contributed by atoms with Crippen molar-refractivity contribution in [2.24, 2.45) is 0 Å². The minimum atomic E-state index is -0.0974. The lowest BCUT2D eigenvalue weighted by molar-refractivity contribution is 0.190. The summed E-state index contributed by atoms with van der Waals surface area (Å²) in [6.07, 6.45) is 3.89. The van der Waals surface area contributed by atoms with E-state index in [9.17, 15) is 4.39 Å². The summed E-state index contributed by atoms with van der Waals surface area (Å²) < 4.78 is 21.9. The summed E-state index contributed by atoms with van der Waals surface area (Å²) in [5, 5.41) is 0.775. The molecule has 0 radical (unpaired) electrons. The van der Waals surface area contributed by atoms with E-state index in [2.05, 4.69) is 44.5 Å². The minimum Gasteiger partial charge on any atom is -0.385 e. The van der Waals surface area contributed by atoms with Gasteiger partial charge in [-0.3, -0.25) is 0 Å². The van der Waals surface area contributed by atoms with Crippen LogP contribution >= 0.6 is 0 Å². The Kier molecular flexibility index (Phi) is 4.72. The molecular formula is C18H26FNO. The van der Waals surface area contributed by atoms with Gasteiger partial charge in [0.25, 0.3) is 0 Å². The molecule has 21 heavy (non-hydrogen) atoms. The van der Waals surface area contributed by atoms with Crippen LogP contribution in [0.15, 0.2) is 18.3 Å². The molecular weight excluding hydrogens is 265 g/mol. The molecule has 2 rings (SSSR count). The standard InChI is InChI=1S/C18H26FNO/c1-6-13-10-15(19)17-14(18(2,3)4)12-20(16(17)11-13)8-7-9-21-5/h10-12H,6-9H2,1-5H3. The third-order valence-electron chi connectivity index (χ3n) is 3.96. The van der Waals surface area contributed by atoms with Gasteiger partial charge >= 0.3 is 0 Å². The van der Waals surface area contributed by atoms with Crippen molar-refractivity contribution in [1.29, 1.82) is 0 Å². The van der Waals surface area contributed by atoms with Crippen molar-refractivity contribution < 1.29 is 9.13 Å². The van der Waals surface area contributed by atoms with Crippen LogP contribution in [-0.4, -0.2) is 18.3 Å². The fourth-order valence-corrected chi connectivity index (χ4v) is 2.77. The Morgan fingerprint density at radius 3 is 2.52 bits per heavy atom. The van der Waals surface area contributed by atoms with Crippen molar-refractivity contribution in [2.75, 3.05) is 13.7 Å². The summed E-state index contributed by atoms with van der Waals surface area (Å²) in [6, 6.07) is 3.80. The minimum absolute atomic E-state index is 0.0701. The van der Waals surface area contributed by atoms with Crippen LogP contribution in [0.25, 0.3) is 10.9 Å². The Hall–Kier alpha value is -1.35.